The first-order valence-corrected chi connectivity index (χ1v) is 6.69. The lowest BCUT2D eigenvalue weighted by Gasteiger charge is -2.30. The Hall–Kier alpha value is -1.56. The van der Waals surface area contributed by atoms with Crippen molar-refractivity contribution in [3.8, 4) is 0 Å². The van der Waals surface area contributed by atoms with E-state index in [1.54, 1.807) is 33.8 Å². The molecule has 0 rings (SSSR count). The van der Waals surface area contributed by atoms with Gasteiger partial charge < -0.3 is 15.2 Å². The maximum Gasteiger partial charge on any atom is 0.411 e. The normalized spacial score (nSPS) is 12.4. The number of aliphatic hydroxyl groups excluding tert-OH is 1. The number of rotatable bonds is 7. The van der Waals surface area contributed by atoms with Gasteiger partial charge in [0.05, 0.1) is 12.6 Å². The molecule has 0 spiro atoms. The minimum absolute atomic E-state index is 0.145. The summed E-state index contributed by atoms with van der Waals surface area (Å²) >= 11 is 0. The molecule has 116 valence electrons. The predicted molar refractivity (Wildman–Crippen MR) is 77.3 cm³/mol. The molecule has 0 radical (unpaired) electrons. The third-order valence-electron chi connectivity index (χ3n) is 2.41. The minimum Gasteiger partial charge on any atom is -0.444 e. The van der Waals surface area contributed by atoms with Gasteiger partial charge in [-0.1, -0.05) is 6.08 Å². The van der Waals surface area contributed by atoms with Crippen molar-refractivity contribution in [3.63, 3.8) is 0 Å². The van der Waals surface area contributed by atoms with E-state index in [2.05, 4.69) is 11.9 Å². The highest BCUT2D eigenvalue weighted by Gasteiger charge is 2.27. The predicted octanol–water partition coefficient (Wildman–Crippen LogP) is 1.30. The van der Waals surface area contributed by atoms with Crippen LogP contribution in [0.2, 0.25) is 0 Å². The Morgan fingerprint density at radius 2 is 2.05 bits per heavy atom. The van der Waals surface area contributed by atoms with E-state index in [4.69, 9.17) is 4.74 Å². The Kier molecular flexibility index (Phi) is 7.91. The zero-order chi connectivity index (χ0) is 15.8. The molecule has 0 saturated carbocycles. The Bertz CT molecular complexity index is 337. The summed E-state index contributed by atoms with van der Waals surface area (Å²) < 4.78 is 5.23. The topological polar surface area (TPSA) is 78.9 Å². The van der Waals surface area contributed by atoms with Gasteiger partial charge in [0.1, 0.15) is 12.1 Å². The van der Waals surface area contributed by atoms with Gasteiger partial charge in [-0.2, -0.15) is 0 Å². The average molecular weight is 286 g/mol. The molecule has 6 heteroatoms. The lowest BCUT2D eigenvalue weighted by Crippen LogP contribution is -2.48. The largest absolute Gasteiger partial charge is 0.444 e. The highest BCUT2D eigenvalue weighted by Crippen LogP contribution is 2.11. The zero-order valence-corrected chi connectivity index (χ0v) is 12.8. The van der Waals surface area contributed by atoms with Crippen LogP contribution in [-0.4, -0.2) is 53.3 Å². The van der Waals surface area contributed by atoms with Gasteiger partial charge in [0, 0.05) is 6.54 Å². The molecule has 0 aromatic carbocycles. The van der Waals surface area contributed by atoms with Gasteiger partial charge in [-0.15, -0.1) is 6.58 Å². The number of amides is 2. The summed E-state index contributed by atoms with van der Waals surface area (Å²) in [4.78, 5) is 25.0. The second-order valence-electron chi connectivity index (χ2n) is 5.57. The molecule has 0 saturated heterocycles. The number of nitrogens with zero attached hydrogens (tertiary/aromatic N) is 1. The van der Waals surface area contributed by atoms with Crippen molar-refractivity contribution in [2.24, 2.45) is 0 Å². The fraction of sp³-hybridized carbons (Fsp3) is 0.714. The Morgan fingerprint density at radius 3 is 2.50 bits per heavy atom. The zero-order valence-electron chi connectivity index (χ0n) is 12.8. The Morgan fingerprint density at radius 1 is 1.45 bits per heavy atom. The molecule has 0 aromatic rings. The van der Waals surface area contributed by atoms with Crippen LogP contribution in [0.15, 0.2) is 12.7 Å². The first-order valence-electron chi connectivity index (χ1n) is 6.69. The van der Waals surface area contributed by atoms with Crippen LogP contribution in [0.5, 0.6) is 0 Å². The summed E-state index contributed by atoms with van der Waals surface area (Å²) in [6.45, 7) is 10.5. The van der Waals surface area contributed by atoms with Gasteiger partial charge >= 0.3 is 6.09 Å². The second-order valence-corrected chi connectivity index (χ2v) is 5.57. The molecule has 2 amide bonds. The molecule has 0 aliphatic carbocycles. The first kappa shape index (κ1) is 18.4. The summed E-state index contributed by atoms with van der Waals surface area (Å²) in [6, 6.07) is -0.491. The molecular formula is C14H26N2O4. The van der Waals surface area contributed by atoms with Crippen molar-refractivity contribution in [3.05, 3.63) is 12.7 Å². The van der Waals surface area contributed by atoms with Crippen LogP contribution in [0.4, 0.5) is 4.79 Å². The van der Waals surface area contributed by atoms with E-state index < -0.39 is 17.7 Å². The first-order chi connectivity index (χ1) is 9.21. The monoisotopic (exact) mass is 286 g/mol. The van der Waals surface area contributed by atoms with E-state index in [-0.39, 0.29) is 19.1 Å². The number of nitrogens with one attached hydrogen (secondary N) is 1. The minimum atomic E-state index is -0.649. The summed E-state index contributed by atoms with van der Waals surface area (Å²) in [5.41, 5.74) is -0.649. The summed E-state index contributed by atoms with van der Waals surface area (Å²) in [6.07, 6.45) is 1.74. The molecule has 1 atom stereocenters. The Balaban J connectivity index is 4.60. The van der Waals surface area contributed by atoms with Gasteiger partial charge in [-0.25, -0.2) is 4.79 Å². The highest BCUT2D eigenvalue weighted by molar-refractivity contribution is 5.82. The van der Waals surface area contributed by atoms with Crippen LogP contribution >= 0.6 is 0 Å². The smallest absolute Gasteiger partial charge is 0.411 e. The van der Waals surface area contributed by atoms with Crippen LogP contribution in [0.3, 0.4) is 0 Å². The van der Waals surface area contributed by atoms with E-state index in [9.17, 15) is 14.7 Å². The maximum atomic E-state index is 12.0. The molecule has 0 aromatic heterocycles. The van der Waals surface area contributed by atoms with Crippen molar-refractivity contribution >= 4 is 12.0 Å². The Labute approximate surface area is 120 Å². The van der Waals surface area contributed by atoms with E-state index >= 15 is 0 Å². The third kappa shape index (κ3) is 7.78. The molecule has 0 unspecified atom stereocenters. The number of hydrogen-bond donors (Lipinski definition) is 2. The lowest BCUT2D eigenvalue weighted by atomic mass is 10.2. The van der Waals surface area contributed by atoms with Crippen molar-refractivity contribution in [1.29, 1.82) is 0 Å². The SMILES string of the molecule is C=CCCNC(=O)CN(C(=O)OC(C)(C)C)[C@@H](C)CO. The van der Waals surface area contributed by atoms with Crippen molar-refractivity contribution in [1.82, 2.24) is 10.2 Å². The van der Waals surface area contributed by atoms with Crippen LogP contribution in [0, 0.1) is 0 Å². The molecule has 20 heavy (non-hydrogen) atoms. The van der Waals surface area contributed by atoms with Crippen LogP contribution in [0.25, 0.3) is 0 Å². The van der Waals surface area contributed by atoms with Gasteiger partial charge in [0.15, 0.2) is 0 Å². The van der Waals surface area contributed by atoms with Gasteiger partial charge in [-0.3, -0.25) is 9.69 Å². The average Bonchev–Trinajstić information content (AvgIpc) is 2.33. The molecule has 2 N–H and O–H groups in total. The summed E-state index contributed by atoms with van der Waals surface area (Å²) in [5.74, 6) is -0.294. The number of carbonyl (C=O) groups is 2. The van der Waals surface area contributed by atoms with Gasteiger partial charge in [0.25, 0.3) is 0 Å². The fourth-order valence-corrected chi connectivity index (χ4v) is 1.34. The third-order valence-corrected chi connectivity index (χ3v) is 2.41. The molecule has 0 fully saturated rings. The highest BCUT2D eigenvalue weighted by atomic mass is 16.6. The number of ether oxygens (including phenoxy) is 1. The number of carbonyl (C=O) groups excluding carboxylic acids is 2. The van der Waals surface area contributed by atoms with Crippen molar-refractivity contribution in [2.75, 3.05) is 19.7 Å². The molecular weight excluding hydrogens is 260 g/mol. The van der Waals surface area contributed by atoms with Crippen LogP contribution < -0.4 is 5.32 Å². The van der Waals surface area contributed by atoms with E-state index in [1.165, 1.54) is 4.90 Å². The second kappa shape index (κ2) is 8.58. The van der Waals surface area contributed by atoms with Gasteiger partial charge in [-0.05, 0) is 34.1 Å². The van der Waals surface area contributed by atoms with E-state index in [1.807, 2.05) is 0 Å². The molecule has 6 nitrogen and oxygen atoms in total. The fourth-order valence-electron chi connectivity index (χ4n) is 1.34. The van der Waals surface area contributed by atoms with Crippen molar-refractivity contribution in [2.45, 2.75) is 45.8 Å². The van der Waals surface area contributed by atoms with Crippen molar-refractivity contribution < 1.29 is 19.4 Å². The molecule has 0 bridgehead atoms. The number of aliphatic hydroxyl groups is 1. The quantitative estimate of drug-likeness (QED) is 0.546. The standard InChI is InChI=1S/C14H26N2O4/c1-6-7-8-15-12(18)9-16(11(2)10-17)13(19)20-14(3,4)5/h6,11,17H,1,7-10H2,2-5H3,(H,15,18)/t11-/m0/s1. The lowest BCUT2D eigenvalue weighted by molar-refractivity contribution is -0.122. The maximum absolute atomic E-state index is 12.0. The summed E-state index contributed by atoms with van der Waals surface area (Å²) in [5, 5.41) is 11.9. The molecule has 0 heterocycles. The summed E-state index contributed by atoms with van der Waals surface area (Å²) in [7, 11) is 0. The molecule has 0 aliphatic rings. The van der Waals surface area contributed by atoms with Gasteiger partial charge in [0.2, 0.25) is 5.91 Å². The molecule has 0 aliphatic heterocycles. The van der Waals surface area contributed by atoms with E-state index in [0.29, 0.717) is 13.0 Å². The van der Waals surface area contributed by atoms with E-state index in [0.717, 1.165) is 0 Å². The number of hydrogen-bond acceptors (Lipinski definition) is 4. The van der Waals surface area contributed by atoms with Crippen LogP contribution in [-0.2, 0) is 9.53 Å². The van der Waals surface area contributed by atoms with Crippen LogP contribution in [0.1, 0.15) is 34.1 Å².